The van der Waals surface area contributed by atoms with E-state index >= 15 is 0 Å². The third kappa shape index (κ3) is 5.14. The van der Waals surface area contributed by atoms with Gasteiger partial charge in [-0.1, -0.05) is 0 Å². The lowest BCUT2D eigenvalue weighted by Crippen LogP contribution is -2.33. The number of carbonyl (C=O) groups excluding carboxylic acids is 1. The van der Waals surface area contributed by atoms with Crippen molar-refractivity contribution in [3.63, 3.8) is 0 Å². The van der Waals surface area contributed by atoms with E-state index in [9.17, 15) is 4.79 Å². The van der Waals surface area contributed by atoms with Crippen LogP contribution in [0, 0.1) is 5.92 Å². The molecule has 0 aromatic rings. The molecule has 4 nitrogen and oxygen atoms in total. The van der Waals surface area contributed by atoms with Crippen molar-refractivity contribution in [3.05, 3.63) is 0 Å². The van der Waals surface area contributed by atoms with Gasteiger partial charge >= 0.3 is 5.97 Å². The molecule has 1 heterocycles. The SMILES string of the molecule is CCOC(=O)CN(C)CC1CCOCC1. The molecule has 88 valence electrons. The normalized spacial score (nSPS) is 18.1. The summed E-state index contributed by atoms with van der Waals surface area (Å²) in [6.07, 6.45) is 2.21. The van der Waals surface area contributed by atoms with Crippen LogP contribution in [0.1, 0.15) is 19.8 Å². The average Bonchev–Trinajstić information content (AvgIpc) is 2.19. The first-order chi connectivity index (χ1) is 7.22. The van der Waals surface area contributed by atoms with Crippen molar-refractivity contribution >= 4 is 5.97 Å². The maximum Gasteiger partial charge on any atom is 0.320 e. The van der Waals surface area contributed by atoms with Gasteiger partial charge in [0, 0.05) is 19.8 Å². The zero-order valence-corrected chi connectivity index (χ0v) is 9.70. The second-order valence-electron chi connectivity index (χ2n) is 4.06. The summed E-state index contributed by atoms with van der Waals surface area (Å²) in [4.78, 5) is 13.2. The molecular weight excluding hydrogens is 194 g/mol. The Hall–Kier alpha value is -0.610. The molecule has 0 aromatic carbocycles. The summed E-state index contributed by atoms with van der Waals surface area (Å²) in [6, 6.07) is 0. The maximum atomic E-state index is 11.2. The minimum Gasteiger partial charge on any atom is -0.465 e. The maximum absolute atomic E-state index is 11.2. The number of rotatable bonds is 5. The van der Waals surface area contributed by atoms with Crippen LogP contribution in [0.15, 0.2) is 0 Å². The van der Waals surface area contributed by atoms with Gasteiger partial charge in [0.05, 0.1) is 13.2 Å². The van der Waals surface area contributed by atoms with Gasteiger partial charge in [0.25, 0.3) is 0 Å². The fourth-order valence-corrected chi connectivity index (χ4v) is 1.86. The number of likely N-dealkylation sites (N-methyl/N-ethyl adjacent to an activating group) is 1. The molecule has 0 saturated carbocycles. The molecular formula is C11H21NO3. The van der Waals surface area contributed by atoms with Crippen LogP contribution in [0.5, 0.6) is 0 Å². The number of hydrogen-bond acceptors (Lipinski definition) is 4. The van der Waals surface area contributed by atoms with Crippen LogP contribution in [-0.4, -0.2) is 50.8 Å². The van der Waals surface area contributed by atoms with Crippen LogP contribution >= 0.6 is 0 Å². The number of esters is 1. The molecule has 1 saturated heterocycles. The molecule has 0 radical (unpaired) electrons. The van der Waals surface area contributed by atoms with E-state index in [1.807, 2.05) is 18.9 Å². The molecule has 0 aliphatic carbocycles. The van der Waals surface area contributed by atoms with Gasteiger partial charge in [0.2, 0.25) is 0 Å². The number of hydrogen-bond donors (Lipinski definition) is 0. The highest BCUT2D eigenvalue weighted by Crippen LogP contribution is 2.15. The molecule has 1 fully saturated rings. The summed E-state index contributed by atoms with van der Waals surface area (Å²) in [6.45, 7) is 5.36. The van der Waals surface area contributed by atoms with Crippen LogP contribution in [0.25, 0.3) is 0 Å². The monoisotopic (exact) mass is 215 g/mol. The Morgan fingerprint density at radius 2 is 2.13 bits per heavy atom. The summed E-state index contributed by atoms with van der Waals surface area (Å²) in [5.41, 5.74) is 0. The van der Waals surface area contributed by atoms with Crippen LogP contribution in [-0.2, 0) is 14.3 Å². The van der Waals surface area contributed by atoms with Crippen LogP contribution < -0.4 is 0 Å². The summed E-state index contributed by atoms with van der Waals surface area (Å²) in [7, 11) is 1.96. The topological polar surface area (TPSA) is 38.8 Å². The number of ether oxygens (including phenoxy) is 2. The van der Waals surface area contributed by atoms with Gasteiger partial charge in [0.15, 0.2) is 0 Å². The highest BCUT2D eigenvalue weighted by Gasteiger charge is 2.17. The Labute approximate surface area is 91.5 Å². The van der Waals surface area contributed by atoms with Crippen molar-refractivity contribution in [1.29, 1.82) is 0 Å². The molecule has 1 aliphatic rings. The van der Waals surface area contributed by atoms with Crippen molar-refractivity contribution in [2.45, 2.75) is 19.8 Å². The number of carbonyl (C=O) groups is 1. The average molecular weight is 215 g/mol. The second kappa shape index (κ2) is 6.80. The van der Waals surface area contributed by atoms with E-state index < -0.39 is 0 Å². The molecule has 0 unspecified atom stereocenters. The van der Waals surface area contributed by atoms with Crippen LogP contribution in [0.4, 0.5) is 0 Å². The Kier molecular flexibility index (Phi) is 5.65. The van der Waals surface area contributed by atoms with E-state index in [1.165, 1.54) is 0 Å². The molecule has 0 atom stereocenters. The van der Waals surface area contributed by atoms with Crippen molar-refractivity contribution in [3.8, 4) is 0 Å². The molecule has 0 aromatic heterocycles. The fraction of sp³-hybridized carbons (Fsp3) is 0.909. The highest BCUT2D eigenvalue weighted by molar-refractivity contribution is 5.71. The molecule has 0 bridgehead atoms. The minimum absolute atomic E-state index is 0.132. The molecule has 15 heavy (non-hydrogen) atoms. The predicted molar refractivity (Wildman–Crippen MR) is 57.7 cm³/mol. The van der Waals surface area contributed by atoms with Crippen LogP contribution in [0.2, 0.25) is 0 Å². The van der Waals surface area contributed by atoms with Gasteiger partial charge < -0.3 is 9.47 Å². The summed E-state index contributed by atoms with van der Waals surface area (Å²) in [5, 5.41) is 0. The summed E-state index contributed by atoms with van der Waals surface area (Å²) < 4.78 is 10.2. The minimum atomic E-state index is -0.132. The Morgan fingerprint density at radius 3 is 2.73 bits per heavy atom. The first-order valence-electron chi connectivity index (χ1n) is 5.64. The van der Waals surface area contributed by atoms with Gasteiger partial charge in [-0.15, -0.1) is 0 Å². The molecule has 0 spiro atoms. The molecule has 4 heteroatoms. The van der Waals surface area contributed by atoms with Crippen molar-refractivity contribution < 1.29 is 14.3 Å². The highest BCUT2D eigenvalue weighted by atomic mass is 16.5. The lowest BCUT2D eigenvalue weighted by Gasteiger charge is -2.26. The van der Waals surface area contributed by atoms with Crippen molar-refractivity contribution in [2.75, 3.05) is 40.0 Å². The van der Waals surface area contributed by atoms with Gasteiger partial charge in [0.1, 0.15) is 0 Å². The van der Waals surface area contributed by atoms with Gasteiger partial charge in [-0.05, 0) is 32.7 Å². The van der Waals surface area contributed by atoms with E-state index in [1.54, 1.807) is 0 Å². The smallest absolute Gasteiger partial charge is 0.320 e. The van der Waals surface area contributed by atoms with E-state index in [-0.39, 0.29) is 5.97 Å². The molecule has 0 amide bonds. The third-order valence-electron chi connectivity index (χ3n) is 2.62. The quantitative estimate of drug-likeness (QED) is 0.639. The van der Waals surface area contributed by atoms with Crippen molar-refractivity contribution in [2.24, 2.45) is 5.92 Å². The standard InChI is InChI=1S/C11H21NO3/c1-3-15-11(13)9-12(2)8-10-4-6-14-7-5-10/h10H,3-9H2,1-2H3. The van der Waals surface area contributed by atoms with Gasteiger partial charge in [-0.3, -0.25) is 9.69 Å². The summed E-state index contributed by atoms with van der Waals surface area (Å²) >= 11 is 0. The summed E-state index contributed by atoms with van der Waals surface area (Å²) in [5.74, 6) is 0.533. The second-order valence-corrected chi connectivity index (χ2v) is 4.06. The molecule has 0 N–H and O–H groups in total. The van der Waals surface area contributed by atoms with Gasteiger partial charge in [-0.2, -0.15) is 0 Å². The van der Waals surface area contributed by atoms with E-state index in [0.717, 1.165) is 32.6 Å². The zero-order chi connectivity index (χ0) is 11.1. The van der Waals surface area contributed by atoms with Crippen LogP contribution in [0.3, 0.4) is 0 Å². The lowest BCUT2D eigenvalue weighted by atomic mass is 10.00. The largest absolute Gasteiger partial charge is 0.465 e. The zero-order valence-electron chi connectivity index (χ0n) is 9.70. The Morgan fingerprint density at radius 1 is 1.47 bits per heavy atom. The van der Waals surface area contributed by atoms with Gasteiger partial charge in [-0.25, -0.2) is 0 Å². The fourth-order valence-electron chi connectivity index (χ4n) is 1.86. The van der Waals surface area contributed by atoms with E-state index in [2.05, 4.69) is 0 Å². The number of nitrogens with zero attached hydrogens (tertiary/aromatic N) is 1. The Bertz CT molecular complexity index is 190. The van der Waals surface area contributed by atoms with E-state index in [0.29, 0.717) is 19.1 Å². The first kappa shape index (κ1) is 12.5. The predicted octanol–water partition coefficient (Wildman–Crippen LogP) is 0.908. The third-order valence-corrected chi connectivity index (χ3v) is 2.62. The lowest BCUT2D eigenvalue weighted by molar-refractivity contribution is -0.144. The molecule has 1 aliphatic heterocycles. The first-order valence-corrected chi connectivity index (χ1v) is 5.64. The Balaban J connectivity index is 2.16. The molecule has 1 rings (SSSR count). The van der Waals surface area contributed by atoms with E-state index in [4.69, 9.17) is 9.47 Å². The van der Waals surface area contributed by atoms with Crippen molar-refractivity contribution in [1.82, 2.24) is 4.90 Å².